The molecule has 2 aromatic heterocycles. The number of aryl methyl sites for hydroxylation is 1. The molecular formula is C11H10N6. The minimum atomic E-state index is 0.664. The molecule has 0 aliphatic rings. The Morgan fingerprint density at radius 2 is 1.88 bits per heavy atom. The van der Waals surface area contributed by atoms with Gasteiger partial charge in [-0.25, -0.2) is 10.1 Å². The monoisotopic (exact) mass is 226 g/mol. The minimum absolute atomic E-state index is 0.664. The Hall–Kier alpha value is -2.50. The summed E-state index contributed by atoms with van der Waals surface area (Å²) in [6, 6.07) is 7.93. The zero-order valence-corrected chi connectivity index (χ0v) is 9.20. The maximum absolute atomic E-state index is 4.29. The highest BCUT2D eigenvalue weighted by Crippen LogP contribution is 2.20. The molecule has 6 heteroatoms. The van der Waals surface area contributed by atoms with Crippen LogP contribution in [0.25, 0.3) is 22.6 Å². The molecule has 3 rings (SSSR count). The first-order chi connectivity index (χ1) is 8.33. The number of aromatic nitrogens is 6. The predicted octanol–water partition coefficient (Wildman–Crippen LogP) is 1.27. The summed E-state index contributed by atoms with van der Waals surface area (Å²) in [7, 11) is 1.95. The summed E-state index contributed by atoms with van der Waals surface area (Å²) < 4.78 is 1.92. The van der Waals surface area contributed by atoms with Crippen molar-refractivity contribution >= 4 is 0 Å². The number of tetrazole rings is 1. The summed E-state index contributed by atoms with van der Waals surface area (Å²) in [5, 5.41) is 13.7. The Morgan fingerprint density at radius 1 is 1.12 bits per heavy atom. The van der Waals surface area contributed by atoms with Gasteiger partial charge in [0.15, 0.2) is 5.82 Å². The third-order valence-corrected chi connectivity index (χ3v) is 2.50. The largest absolute Gasteiger partial charge is 0.340 e. The third kappa shape index (κ3) is 1.80. The first kappa shape index (κ1) is 9.71. The number of aromatic amines is 1. The van der Waals surface area contributed by atoms with Crippen LogP contribution in [0.3, 0.4) is 0 Å². The Balaban J connectivity index is 1.95. The highest BCUT2D eigenvalue weighted by Gasteiger charge is 2.04. The molecule has 1 aromatic carbocycles. The molecule has 84 valence electrons. The van der Waals surface area contributed by atoms with Crippen molar-refractivity contribution in [1.82, 2.24) is 30.2 Å². The molecule has 0 aliphatic carbocycles. The summed E-state index contributed by atoms with van der Waals surface area (Å²) >= 11 is 0. The molecule has 0 spiro atoms. The van der Waals surface area contributed by atoms with Gasteiger partial charge in [-0.2, -0.15) is 0 Å². The standard InChI is InChI=1S/C11H10N6/c1-17-6-10(12-7-17)8-2-4-9(5-3-8)11-13-15-16-14-11/h2-7H,1H3,(H,13,14,15,16). The Morgan fingerprint density at radius 3 is 2.47 bits per heavy atom. The van der Waals surface area contributed by atoms with E-state index in [1.54, 1.807) is 6.33 Å². The van der Waals surface area contributed by atoms with Gasteiger partial charge < -0.3 is 4.57 Å². The fourth-order valence-electron chi connectivity index (χ4n) is 1.64. The van der Waals surface area contributed by atoms with Crippen LogP contribution < -0.4 is 0 Å². The number of hydrogen-bond donors (Lipinski definition) is 1. The van der Waals surface area contributed by atoms with E-state index < -0.39 is 0 Å². The van der Waals surface area contributed by atoms with E-state index >= 15 is 0 Å². The van der Waals surface area contributed by atoms with Crippen molar-refractivity contribution in [1.29, 1.82) is 0 Å². The zero-order valence-electron chi connectivity index (χ0n) is 9.20. The maximum Gasteiger partial charge on any atom is 0.179 e. The van der Waals surface area contributed by atoms with Gasteiger partial charge in [-0.3, -0.25) is 0 Å². The summed E-state index contributed by atoms with van der Waals surface area (Å²) in [5.41, 5.74) is 2.98. The van der Waals surface area contributed by atoms with Crippen LogP contribution >= 0.6 is 0 Å². The Bertz CT molecular complexity index is 608. The molecule has 0 amide bonds. The van der Waals surface area contributed by atoms with E-state index in [1.807, 2.05) is 42.1 Å². The number of nitrogens with one attached hydrogen (secondary N) is 1. The fraction of sp³-hybridized carbons (Fsp3) is 0.0909. The molecule has 0 aliphatic heterocycles. The molecule has 0 bridgehead atoms. The van der Waals surface area contributed by atoms with E-state index in [1.165, 1.54) is 0 Å². The van der Waals surface area contributed by atoms with Crippen molar-refractivity contribution in [3.8, 4) is 22.6 Å². The smallest absolute Gasteiger partial charge is 0.179 e. The van der Waals surface area contributed by atoms with E-state index in [9.17, 15) is 0 Å². The first-order valence-electron chi connectivity index (χ1n) is 5.15. The van der Waals surface area contributed by atoms with Crippen molar-refractivity contribution in [2.75, 3.05) is 0 Å². The lowest BCUT2D eigenvalue weighted by Crippen LogP contribution is -1.82. The topological polar surface area (TPSA) is 72.3 Å². The first-order valence-corrected chi connectivity index (χ1v) is 5.15. The van der Waals surface area contributed by atoms with Crippen molar-refractivity contribution < 1.29 is 0 Å². The van der Waals surface area contributed by atoms with Crippen LogP contribution in [0.1, 0.15) is 0 Å². The van der Waals surface area contributed by atoms with Gasteiger partial charge in [0.1, 0.15) is 0 Å². The molecule has 0 radical (unpaired) electrons. The normalized spacial score (nSPS) is 10.6. The highest BCUT2D eigenvalue weighted by atomic mass is 15.5. The lowest BCUT2D eigenvalue weighted by molar-refractivity contribution is 0.881. The number of nitrogens with zero attached hydrogens (tertiary/aromatic N) is 5. The lowest BCUT2D eigenvalue weighted by atomic mass is 10.1. The summed E-state index contributed by atoms with van der Waals surface area (Å²) in [4.78, 5) is 4.29. The van der Waals surface area contributed by atoms with Gasteiger partial charge in [0.25, 0.3) is 0 Å². The van der Waals surface area contributed by atoms with Crippen molar-refractivity contribution in [3.05, 3.63) is 36.8 Å². The van der Waals surface area contributed by atoms with Crippen molar-refractivity contribution in [3.63, 3.8) is 0 Å². The predicted molar refractivity (Wildman–Crippen MR) is 61.8 cm³/mol. The van der Waals surface area contributed by atoms with Gasteiger partial charge in [-0.15, -0.1) is 5.10 Å². The second-order valence-electron chi connectivity index (χ2n) is 3.75. The third-order valence-electron chi connectivity index (χ3n) is 2.50. The van der Waals surface area contributed by atoms with Crippen LogP contribution in [0.4, 0.5) is 0 Å². The van der Waals surface area contributed by atoms with E-state index in [0.29, 0.717) is 5.82 Å². The van der Waals surface area contributed by atoms with Gasteiger partial charge >= 0.3 is 0 Å². The molecule has 17 heavy (non-hydrogen) atoms. The molecular weight excluding hydrogens is 216 g/mol. The number of H-pyrrole nitrogens is 1. The van der Waals surface area contributed by atoms with Crippen LogP contribution in [0, 0.1) is 0 Å². The number of benzene rings is 1. The lowest BCUT2D eigenvalue weighted by Gasteiger charge is -1.98. The molecule has 3 aromatic rings. The highest BCUT2D eigenvalue weighted by molar-refractivity contribution is 5.64. The number of imidazole rings is 1. The average Bonchev–Trinajstić information content (AvgIpc) is 3.00. The average molecular weight is 226 g/mol. The van der Waals surface area contributed by atoms with Crippen molar-refractivity contribution in [2.24, 2.45) is 7.05 Å². The summed E-state index contributed by atoms with van der Waals surface area (Å²) in [6.07, 6.45) is 3.76. The number of rotatable bonds is 2. The van der Waals surface area contributed by atoms with Gasteiger partial charge in [0.2, 0.25) is 0 Å². The van der Waals surface area contributed by atoms with Crippen LogP contribution in [-0.4, -0.2) is 30.2 Å². The van der Waals surface area contributed by atoms with E-state index in [2.05, 4.69) is 25.6 Å². The van der Waals surface area contributed by atoms with Crippen LogP contribution in [0.2, 0.25) is 0 Å². The molecule has 0 unspecified atom stereocenters. The second-order valence-corrected chi connectivity index (χ2v) is 3.75. The molecule has 2 heterocycles. The van der Waals surface area contributed by atoms with Crippen LogP contribution in [0.15, 0.2) is 36.8 Å². The van der Waals surface area contributed by atoms with Crippen LogP contribution in [-0.2, 0) is 7.05 Å². The van der Waals surface area contributed by atoms with Gasteiger partial charge in [-0.1, -0.05) is 24.3 Å². The summed E-state index contributed by atoms with van der Waals surface area (Å²) in [6.45, 7) is 0. The van der Waals surface area contributed by atoms with Gasteiger partial charge in [0.05, 0.1) is 12.0 Å². The molecule has 0 atom stereocenters. The van der Waals surface area contributed by atoms with E-state index in [-0.39, 0.29) is 0 Å². The zero-order chi connectivity index (χ0) is 11.7. The molecule has 0 saturated carbocycles. The Kier molecular flexibility index (Phi) is 2.18. The quantitative estimate of drug-likeness (QED) is 0.714. The SMILES string of the molecule is Cn1cnc(-c2ccc(-c3nnn[nH]3)cc2)c1. The van der Waals surface area contributed by atoms with Crippen molar-refractivity contribution in [2.45, 2.75) is 0 Å². The number of hydrogen-bond acceptors (Lipinski definition) is 4. The Labute approximate surface area is 97.3 Å². The minimum Gasteiger partial charge on any atom is -0.340 e. The second kappa shape index (κ2) is 3.82. The molecule has 0 fully saturated rings. The molecule has 0 saturated heterocycles. The summed E-state index contributed by atoms with van der Waals surface area (Å²) in [5.74, 6) is 0.664. The van der Waals surface area contributed by atoms with E-state index in [4.69, 9.17) is 0 Å². The molecule has 1 N–H and O–H groups in total. The van der Waals surface area contributed by atoms with Gasteiger partial charge in [0, 0.05) is 24.4 Å². The van der Waals surface area contributed by atoms with E-state index in [0.717, 1.165) is 16.8 Å². The maximum atomic E-state index is 4.29. The fourth-order valence-corrected chi connectivity index (χ4v) is 1.64. The van der Waals surface area contributed by atoms with Crippen LogP contribution in [0.5, 0.6) is 0 Å². The molecule has 6 nitrogen and oxygen atoms in total. The van der Waals surface area contributed by atoms with Gasteiger partial charge in [-0.05, 0) is 10.4 Å².